The Hall–Kier alpha value is -6.01. The fraction of sp³-hybridized carbons (Fsp3) is 0.225. The SMILES string of the molecule is C=CCOC(=O)C1=C(C)N=c2sc(=Cc3cn(-c4ccccc4)nc3-c3ccc(OC(C)C)c(C)c3)c(=O)n2C1c1ccc(OC(C)=O)c(OC)c1. The summed E-state index contributed by atoms with van der Waals surface area (Å²) in [5, 5.41) is 4.97. The third-order valence-electron chi connectivity index (χ3n) is 8.19. The molecule has 11 nitrogen and oxygen atoms in total. The number of aromatic nitrogens is 3. The number of rotatable bonds is 11. The van der Waals surface area contributed by atoms with E-state index in [-0.39, 0.29) is 35.3 Å². The molecular weight excluding hydrogens is 681 g/mol. The fourth-order valence-electron chi connectivity index (χ4n) is 5.96. The van der Waals surface area contributed by atoms with Crippen LogP contribution >= 0.6 is 11.3 Å². The molecule has 12 heteroatoms. The summed E-state index contributed by atoms with van der Waals surface area (Å²) in [6.45, 7) is 12.6. The molecule has 1 aliphatic heterocycles. The molecule has 3 aromatic carbocycles. The molecule has 0 aliphatic carbocycles. The second kappa shape index (κ2) is 15.1. The van der Waals surface area contributed by atoms with Crippen molar-refractivity contribution in [3.8, 4) is 34.2 Å². The molecule has 0 bridgehead atoms. The van der Waals surface area contributed by atoms with Crippen molar-refractivity contribution in [2.45, 2.75) is 46.8 Å². The number of carbonyl (C=O) groups excluding carboxylic acids is 2. The van der Waals surface area contributed by atoms with Crippen molar-refractivity contribution in [3.05, 3.63) is 133 Å². The molecule has 52 heavy (non-hydrogen) atoms. The van der Waals surface area contributed by atoms with Gasteiger partial charge in [-0.05, 0) is 87.4 Å². The number of carbonyl (C=O) groups is 2. The topological polar surface area (TPSA) is 123 Å². The van der Waals surface area contributed by atoms with Gasteiger partial charge in [-0.3, -0.25) is 14.2 Å². The summed E-state index contributed by atoms with van der Waals surface area (Å²) in [5.41, 5.74) is 4.76. The summed E-state index contributed by atoms with van der Waals surface area (Å²) in [6.07, 6.45) is 5.17. The molecule has 1 unspecified atom stereocenters. The van der Waals surface area contributed by atoms with E-state index in [1.807, 2.05) is 75.5 Å². The van der Waals surface area contributed by atoms with Crippen molar-refractivity contribution in [1.82, 2.24) is 14.3 Å². The van der Waals surface area contributed by atoms with Gasteiger partial charge in [0.15, 0.2) is 16.3 Å². The first-order valence-electron chi connectivity index (χ1n) is 16.6. The maximum atomic E-state index is 14.5. The van der Waals surface area contributed by atoms with Crippen LogP contribution in [0.2, 0.25) is 0 Å². The largest absolute Gasteiger partial charge is 0.493 e. The van der Waals surface area contributed by atoms with Crippen LogP contribution < -0.4 is 29.1 Å². The predicted octanol–water partition coefficient (Wildman–Crippen LogP) is 5.85. The Morgan fingerprint density at radius 2 is 1.77 bits per heavy atom. The summed E-state index contributed by atoms with van der Waals surface area (Å²) >= 11 is 1.20. The quantitative estimate of drug-likeness (QED) is 0.0948. The van der Waals surface area contributed by atoms with Gasteiger partial charge in [-0.15, -0.1) is 0 Å². The Morgan fingerprint density at radius 3 is 2.44 bits per heavy atom. The van der Waals surface area contributed by atoms with Crippen molar-refractivity contribution in [3.63, 3.8) is 0 Å². The monoisotopic (exact) mass is 718 g/mol. The number of para-hydroxylation sites is 1. The van der Waals surface area contributed by atoms with Gasteiger partial charge in [-0.1, -0.05) is 48.3 Å². The van der Waals surface area contributed by atoms with Crippen LogP contribution in [0.25, 0.3) is 23.0 Å². The van der Waals surface area contributed by atoms with Crippen molar-refractivity contribution >= 4 is 29.4 Å². The van der Waals surface area contributed by atoms with E-state index in [1.54, 1.807) is 35.9 Å². The lowest BCUT2D eigenvalue weighted by molar-refractivity contribution is -0.138. The van der Waals surface area contributed by atoms with E-state index in [1.165, 1.54) is 36.0 Å². The van der Waals surface area contributed by atoms with Crippen LogP contribution in [0.3, 0.4) is 0 Å². The number of methoxy groups -OCH3 is 1. The number of benzene rings is 3. The molecule has 266 valence electrons. The van der Waals surface area contributed by atoms with E-state index < -0.39 is 18.0 Å². The molecule has 0 saturated heterocycles. The molecule has 6 rings (SSSR count). The van der Waals surface area contributed by atoms with Gasteiger partial charge in [0.05, 0.1) is 40.7 Å². The van der Waals surface area contributed by atoms with Crippen LogP contribution in [0.4, 0.5) is 0 Å². The lowest BCUT2D eigenvalue weighted by Crippen LogP contribution is -2.40. The van der Waals surface area contributed by atoms with Crippen molar-refractivity contribution < 1.29 is 28.5 Å². The minimum Gasteiger partial charge on any atom is -0.493 e. The van der Waals surface area contributed by atoms with Gasteiger partial charge >= 0.3 is 11.9 Å². The summed E-state index contributed by atoms with van der Waals surface area (Å²) in [4.78, 5) is 44.9. The van der Waals surface area contributed by atoms with Crippen LogP contribution in [0.1, 0.15) is 50.4 Å². The maximum Gasteiger partial charge on any atom is 0.338 e. The molecule has 0 saturated carbocycles. The number of hydrogen-bond donors (Lipinski definition) is 0. The third-order valence-corrected chi connectivity index (χ3v) is 9.17. The zero-order valence-electron chi connectivity index (χ0n) is 29.7. The normalized spacial score (nSPS) is 14.1. The molecule has 0 amide bonds. The van der Waals surface area contributed by atoms with Crippen LogP contribution in [0, 0.1) is 6.92 Å². The molecule has 0 spiro atoms. The minimum absolute atomic E-state index is 0.0215. The zero-order chi connectivity index (χ0) is 37.1. The first kappa shape index (κ1) is 35.8. The number of ether oxygens (including phenoxy) is 4. The molecule has 5 aromatic rings. The number of fused-ring (bicyclic) bond motifs is 1. The van der Waals surface area contributed by atoms with Gasteiger partial charge < -0.3 is 18.9 Å². The van der Waals surface area contributed by atoms with Gasteiger partial charge in [0.2, 0.25) is 0 Å². The summed E-state index contributed by atoms with van der Waals surface area (Å²) in [7, 11) is 1.44. The van der Waals surface area contributed by atoms with Crippen molar-refractivity contribution in [1.29, 1.82) is 0 Å². The number of esters is 2. The average Bonchev–Trinajstić information content (AvgIpc) is 3.68. The van der Waals surface area contributed by atoms with Gasteiger partial charge in [-0.2, -0.15) is 5.10 Å². The number of hydrogen-bond acceptors (Lipinski definition) is 10. The van der Waals surface area contributed by atoms with E-state index in [9.17, 15) is 14.4 Å². The minimum atomic E-state index is -0.932. The number of aryl methyl sites for hydroxylation is 1. The smallest absolute Gasteiger partial charge is 0.338 e. The van der Waals surface area contributed by atoms with Crippen LogP contribution in [0.5, 0.6) is 17.2 Å². The van der Waals surface area contributed by atoms with Crippen molar-refractivity contribution in [2.75, 3.05) is 13.7 Å². The lowest BCUT2D eigenvalue weighted by atomic mass is 9.95. The summed E-state index contributed by atoms with van der Waals surface area (Å²) < 4.78 is 26.0. The van der Waals surface area contributed by atoms with Gasteiger partial charge in [-0.25, -0.2) is 14.5 Å². The average molecular weight is 719 g/mol. The van der Waals surface area contributed by atoms with Gasteiger partial charge in [0, 0.05) is 24.2 Å². The summed E-state index contributed by atoms with van der Waals surface area (Å²) in [5.74, 6) is 0.0704. The molecule has 0 fully saturated rings. The first-order chi connectivity index (χ1) is 25.0. The highest BCUT2D eigenvalue weighted by atomic mass is 32.1. The molecule has 0 radical (unpaired) electrons. The third kappa shape index (κ3) is 7.24. The molecule has 1 aliphatic rings. The zero-order valence-corrected chi connectivity index (χ0v) is 30.5. The fourth-order valence-corrected chi connectivity index (χ4v) is 7.00. The Balaban J connectivity index is 1.55. The van der Waals surface area contributed by atoms with E-state index >= 15 is 0 Å². The van der Waals surface area contributed by atoms with E-state index in [4.69, 9.17) is 29.0 Å². The Kier molecular flexibility index (Phi) is 10.4. The molecular formula is C40H38N4O7S. The van der Waals surface area contributed by atoms with E-state index in [0.717, 1.165) is 22.6 Å². The molecule has 0 N–H and O–H groups in total. The Morgan fingerprint density at radius 1 is 1.02 bits per heavy atom. The van der Waals surface area contributed by atoms with Gasteiger partial charge in [0.1, 0.15) is 18.1 Å². The highest BCUT2D eigenvalue weighted by Gasteiger charge is 2.34. The second-order valence-electron chi connectivity index (χ2n) is 12.3. The number of allylic oxidation sites excluding steroid dienone is 1. The van der Waals surface area contributed by atoms with E-state index in [0.29, 0.717) is 31.9 Å². The second-order valence-corrected chi connectivity index (χ2v) is 13.3. The first-order valence-corrected chi connectivity index (χ1v) is 17.4. The number of thiazole rings is 1. The van der Waals surface area contributed by atoms with Gasteiger partial charge in [0.25, 0.3) is 5.56 Å². The van der Waals surface area contributed by atoms with Crippen LogP contribution in [0.15, 0.2) is 107 Å². The standard InChI is InChI=1S/C40H38N4O7S/c1-8-18-49-39(47)35-25(5)41-40-44(37(35)28-15-17-32(51-26(6)45)33(20-28)48-7)38(46)34(52-40)21-29-22-43(30-12-10-9-11-13-30)42-36(29)27-14-16-31(24(4)19-27)50-23(2)3/h8-17,19-23,37H,1,18H2,2-7H3. The molecule has 3 heterocycles. The maximum absolute atomic E-state index is 14.5. The Bertz CT molecular complexity index is 2400. The van der Waals surface area contributed by atoms with Crippen molar-refractivity contribution in [2.24, 2.45) is 4.99 Å². The Labute approximate surface area is 304 Å². The molecule has 2 aromatic heterocycles. The van der Waals surface area contributed by atoms with Crippen LogP contribution in [-0.2, 0) is 14.3 Å². The van der Waals surface area contributed by atoms with E-state index in [2.05, 4.69) is 6.58 Å². The summed E-state index contributed by atoms with van der Waals surface area (Å²) in [6, 6.07) is 19.6. The highest BCUT2D eigenvalue weighted by molar-refractivity contribution is 7.07. The van der Waals surface area contributed by atoms with Crippen LogP contribution in [-0.4, -0.2) is 46.1 Å². The molecule has 1 atom stereocenters. The predicted molar refractivity (Wildman–Crippen MR) is 199 cm³/mol. The lowest BCUT2D eigenvalue weighted by Gasteiger charge is -2.25. The number of nitrogens with zero attached hydrogens (tertiary/aromatic N) is 4. The highest BCUT2D eigenvalue weighted by Crippen LogP contribution is 2.36.